The van der Waals surface area contributed by atoms with Crippen LogP contribution in [0.5, 0.6) is 5.75 Å². The number of aliphatic hydroxyl groups excluding tert-OH is 1. The van der Waals surface area contributed by atoms with Gasteiger partial charge in [-0.05, 0) is 88.5 Å². The van der Waals surface area contributed by atoms with Gasteiger partial charge in [-0.1, -0.05) is 32.4 Å². The van der Waals surface area contributed by atoms with Crippen LogP contribution < -0.4 is 15.0 Å². The summed E-state index contributed by atoms with van der Waals surface area (Å²) in [6.45, 7) is 6.42. The molecular formula is C36H48N4O6. The first-order chi connectivity index (χ1) is 22.2. The number of amides is 2. The Morgan fingerprint density at radius 3 is 2.50 bits per heavy atom. The standard InChI is InChI=1S/C36H48N4O6/c1-24(2)33-39-31(23-45-33)28-9-8-10-29(21-28)40(34(42)36(17-6-5-7-18-36)46-35(43)37-19-20-41)22-26-11-13-27(14-12-26)30-15-16-32(44-4)25(3)38-30/h8-10,15-16,21,23-24,26-27,41H,5-7,11-14,17-20,22H2,1-4H3,(H,37,43)/t26-,27-. The molecule has 1 aromatic carbocycles. The predicted molar refractivity (Wildman–Crippen MR) is 176 cm³/mol. The molecule has 0 spiro atoms. The molecule has 2 saturated carbocycles. The Morgan fingerprint density at radius 2 is 1.85 bits per heavy atom. The third-order valence-electron chi connectivity index (χ3n) is 9.42. The van der Waals surface area contributed by atoms with Gasteiger partial charge in [0.25, 0.3) is 5.91 Å². The van der Waals surface area contributed by atoms with Crippen LogP contribution in [0.4, 0.5) is 10.5 Å². The second kappa shape index (κ2) is 15.1. The van der Waals surface area contributed by atoms with Gasteiger partial charge in [-0.2, -0.15) is 0 Å². The Balaban J connectivity index is 1.42. The second-order valence-corrected chi connectivity index (χ2v) is 13.0. The monoisotopic (exact) mass is 632 g/mol. The van der Waals surface area contributed by atoms with Gasteiger partial charge in [0.15, 0.2) is 11.5 Å². The lowest BCUT2D eigenvalue weighted by Crippen LogP contribution is -2.55. The molecule has 2 aromatic heterocycles. The summed E-state index contributed by atoms with van der Waals surface area (Å²) in [5.41, 5.74) is 3.04. The first kappa shape index (κ1) is 33.4. The summed E-state index contributed by atoms with van der Waals surface area (Å²) in [6, 6.07) is 11.9. The zero-order chi connectivity index (χ0) is 32.7. The minimum atomic E-state index is -1.27. The first-order valence-electron chi connectivity index (χ1n) is 16.7. The van der Waals surface area contributed by atoms with E-state index in [2.05, 4.69) is 16.4 Å². The van der Waals surface area contributed by atoms with Gasteiger partial charge in [0.05, 0.1) is 19.4 Å². The highest BCUT2D eigenvalue weighted by atomic mass is 16.6. The molecule has 0 bridgehead atoms. The number of alkyl carbamates (subject to hydrolysis) is 1. The molecule has 0 aliphatic heterocycles. The van der Waals surface area contributed by atoms with Crippen LogP contribution in [0.3, 0.4) is 0 Å². The smallest absolute Gasteiger partial charge is 0.408 e. The Kier molecular flexibility index (Phi) is 11.0. The fourth-order valence-electron chi connectivity index (χ4n) is 6.83. The molecule has 2 aliphatic rings. The maximum atomic E-state index is 14.7. The number of oxazole rings is 1. The summed E-state index contributed by atoms with van der Waals surface area (Å²) in [5, 5.41) is 11.8. The largest absolute Gasteiger partial charge is 0.495 e. The first-order valence-corrected chi connectivity index (χ1v) is 16.7. The highest BCUT2D eigenvalue weighted by molar-refractivity contribution is 6.01. The van der Waals surface area contributed by atoms with E-state index in [0.29, 0.717) is 36.9 Å². The van der Waals surface area contributed by atoms with E-state index in [1.807, 2.05) is 56.0 Å². The van der Waals surface area contributed by atoms with Crippen LogP contribution in [0.2, 0.25) is 0 Å². The van der Waals surface area contributed by atoms with Gasteiger partial charge >= 0.3 is 6.09 Å². The van der Waals surface area contributed by atoms with Crippen molar-refractivity contribution < 1.29 is 28.6 Å². The average molecular weight is 633 g/mol. The third-order valence-corrected chi connectivity index (χ3v) is 9.42. The fourth-order valence-corrected chi connectivity index (χ4v) is 6.83. The number of anilines is 1. The second-order valence-electron chi connectivity index (χ2n) is 13.0. The van der Waals surface area contributed by atoms with E-state index >= 15 is 0 Å². The molecule has 10 nitrogen and oxygen atoms in total. The molecule has 2 aliphatic carbocycles. The van der Waals surface area contributed by atoms with Gasteiger partial charge in [-0.3, -0.25) is 9.78 Å². The maximum absolute atomic E-state index is 14.7. The van der Waals surface area contributed by atoms with Gasteiger partial charge in [-0.15, -0.1) is 0 Å². The highest BCUT2D eigenvalue weighted by Gasteiger charge is 2.47. The predicted octanol–water partition coefficient (Wildman–Crippen LogP) is 6.91. The Hall–Kier alpha value is -3.92. The number of rotatable bonds is 11. The number of hydrogen-bond acceptors (Lipinski definition) is 8. The van der Waals surface area contributed by atoms with Crippen molar-refractivity contribution in [3.8, 4) is 17.0 Å². The number of methoxy groups -OCH3 is 1. The van der Waals surface area contributed by atoms with Crippen molar-refractivity contribution in [3.05, 3.63) is 59.9 Å². The van der Waals surface area contributed by atoms with Crippen LogP contribution in [0.1, 0.15) is 101 Å². The fraction of sp³-hybridized carbons (Fsp3) is 0.556. The molecule has 46 heavy (non-hydrogen) atoms. The summed E-state index contributed by atoms with van der Waals surface area (Å²) >= 11 is 0. The van der Waals surface area contributed by atoms with Gasteiger partial charge < -0.3 is 29.2 Å². The summed E-state index contributed by atoms with van der Waals surface area (Å²) < 4.78 is 17.1. The number of pyridine rings is 1. The van der Waals surface area contributed by atoms with Crippen LogP contribution in [0.15, 0.2) is 47.1 Å². The van der Waals surface area contributed by atoms with Crippen molar-refractivity contribution in [3.63, 3.8) is 0 Å². The van der Waals surface area contributed by atoms with Crippen molar-refractivity contribution >= 4 is 17.7 Å². The number of nitrogens with zero attached hydrogens (tertiary/aromatic N) is 3. The molecule has 3 aromatic rings. The summed E-state index contributed by atoms with van der Waals surface area (Å²) in [4.78, 5) is 38.9. The number of aliphatic hydroxyl groups is 1. The molecule has 5 rings (SSSR count). The van der Waals surface area contributed by atoms with E-state index in [9.17, 15) is 14.7 Å². The lowest BCUT2D eigenvalue weighted by atomic mass is 9.79. The summed E-state index contributed by atoms with van der Waals surface area (Å²) in [5.74, 6) is 2.05. The molecule has 0 radical (unpaired) electrons. The number of aromatic nitrogens is 2. The topological polar surface area (TPSA) is 127 Å². The number of nitrogens with one attached hydrogen (secondary N) is 1. The van der Waals surface area contributed by atoms with Crippen LogP contribution in [0, 0.1) is 12.8 Å². The number of hydrogen-bond donors (Lipinski definition) is 2. The maximum Gasteiger partial charge on any atom is 0.408 e. The van der Waals surface area contributed by atoms with E-state index in [1.54, 1.807) is 13.4 Å². The minimum Gasteiger partial charge on any atom is -0.495 e. The molecule has 2 N–H and O–H groups in total. The Labute approximate surface area is 271 Å². The van der Waals surface area contributed by atoms with Crippen LogP contribution in [0.25, 0.3) is 11.3 Å². The van der Waals surface area contributed by atoms with Gasteiger partial charge in [-0.25, -0.2) is 9.78 Å². The lowest BCUT2D eigenvalue weighted by molar-refractivity contribution is -0.140. The van der Waals surface area contributed by atoms with Crippen LogP contribution in [-0.2, 0) is 9.53 Å². The number of benzene rings is 1. The summed E-state index contributed by atoms with van der Waals surface area (Å²) in [6.07, 6.45) is 8.35. The zero-order valence-corrected chi connectivity index (χ0v) is 27.6. The number of aryl methyl sites for hydroxylation is 1. The van der Waals surface area contributed by atoms with Crippen LogP contribution in [-0.4, -0.2) is 59.5 Å². The van der Waals surface area contributed by atoms with Crippen molar-refractivity contribution in [2.45, 2.75) is 96.0 Å². The molecular weight excluding hydrogens is 584 g/mol. The normalized spacial score (nSPS) is 19.4. The van der Waals surface area contributed by atoms with E-state index < -0.39 is 11.7 Å². The SMILES string of the molecule is COc1ccc([C@H]2CC[C@H](CN(C(=O)C3(OC(=O)NCCO)CCCCC3)c3cccc(-c4coc(C(C)C)n4)c3)CC2)nc1C. The number of carbonyl (C=O) groups is 2. The molecule has 2 amide bonds. The Morgan fingerprint density at radius 1 is 1.09 bits per heavy atom. The van der Waals surface area contributed by atoms with Crippen molar-refractivity contribution in [1.29, 1.82) is 0 Å². The molecule has 0 atom stereocenters. The Bertz CT molecular complexity index is 1470. The van der Waals surface area contributed by atoms with Crippen molar-refractivity contribution in [2.24, 2.45) is 5.92 Å². The van der Waals surface area contributed by atoms with E-state index in [0.717, 1.165) is 73.3 Å². The van der Waals surface area contributed by atoms with E-state index in [1.165, 1.54) is 0 Å². The third kappa shape index (κ3) is 7.71. The molecule has 0 saturated heterocycles. The highest BCUT2D eigenvalue weighted by Crippen LogP contribution is 2.40. The van der Waals surface area contributed by atoms with Gasteiger partial charge in [0.1, 0.15) is 17.7 Å². The quantitative estimate of drug-likeness (QED) is 0.234. The van der Waals surface area contributed by atoms with Crippen molar-refractivity contribution in [1.82, 2.24) is 15.3 Å². The molecule has 2 heterocycles. The van der Waals surface area contributed by atoms with Crippen molar-refractivity contribution in [2.75, 3.05) is 31.7 Å². The molecule has 2 fully saturated rings. The lowest BCUT2D eigenvalue weighted by Gasteiger charge is -2.41. The number of ether oxygens (including phenoxy) is 2. The number of carbonyl (C=O) groups excluding carboxylic acids is 2. The van der Waals surface area contributed by atoms with Crippen LogP contribution >= 0.6 is 0 Å². The summed E-state index contributed by atoms with van der Waals surface area (Å²) in [7, 11) is 1.66. The molecule has 10 heteroatoms. The average Bonchev–Trinajstić information content (AvgIpc) is 3.58. The minimum absolute atomic E-state index is 0.0662. The molecule has 248 valence electrons. The van der Waals surface area contributed by atoms with Gasteiger partial charge in [0, 0.05) is 41.9 Å². The van der Waals surface area contributed by atoms with E-state index in [4.69, 9.17) is 18.9 Å². The zero-order valence-electron chi connectivity index (χ0n) is 27.6. The van der Waals surface area contributed by atoms with E-state index in [-0.39, 0.29) is 30.9 Å². The van der Waals surface area contributed by atoms with Gasteiger partial charge in [0.2, 0.25) is 0 Å². The molecule has 0 unspecified atom stereocenters.